The third-order valence-corrected chi connectivity index (χ3v) is 5.28. The molecule has 6 heteroatoms. The third-order valence-electron chi connectivity index (χ3n) is 3.31. The molecule has 1 fully saturated rings. The van der Waals surface area contributed by atoms with Crippen LogP contribution in [0.1, 0.15) is 19.8 Å². The van der Waals surface area contributed by atoms with Crippen LogP contribution >= 0.6 is 0 Å². The maximum atomic E-state index is 12.6. The Labute approximate surface area is 121 Å². The van der Waals surface area contributed by atoms with E-state index in [1.165, 1.54) is 0 Å². The van der Waals surface area contributed by atoms with Crippen molar-refractivity contribution in [2.75, 3.05) is 32.1 Å². The van der Waals surface area contributed by atoms with Crippen molar-refractivity contribution in [3.05, 3.63) is 24.3 Å². The highest BCUT2D eigenvalue weighted by Gasteiger charge is 2.37. The van der Waals surface area contributed by atoms with E-state index >= 15 is 0 Å². The zero-order valence-electron chi connectivity index (χ0n) is 12.0. The maximum Gasteiger partial charge on any atom is 0.243 e. The van der Waals surface area contributed by atoms with Gasteiger partial charge in [-0.3, -0.25) is 0 Å². The fourth-order valence-corrected chi connectivity index (χ4v) is 3.80. The molecule has 0 spiro atoms. The summed E-state index contributed by atoms with van der Waals surface area (Å²) in [5.74, 6) is 0. The van der Waals surface area contributed by atoms with Crippen molar-refractivity contribution in [3.8, 4) is 0 Å². The van der Waals surface area contributed by atoms with Crippen LogP contribution in [0.15, 0.2) is 29.2 Å². The van der Waals surface area contributed by atoms with Gasteiger partial charge in [-0.05, 0) is 44.0 Å². The average molecular weight is 298 g/mol. The van der Waals surface area contributed by atoms with E-state index in [4.69, 9.17) is 4.74 Å². The number of sulfonamides is 1. The SMILES string of the molecule is CCNc1ccc(S(=O)(=O)N(CCOC)C2CC2)cc1. The molecular weight excluding hydrogens is 276 g/mol. The number of nitrogens with one attached hydrogen (secondary N) is 1. The molecule has 0 aromatic heterocycles. The number of nitrogens with zero attached hydrogens (tertiary/aromatic N) is 1. The van der Waals surface area contributed by atoms with Crippen molar-refractivity contribution in [1.29, 1.82) is 0 Å². The van der Waals surface area contributed by atoms with Crippen LogP contribution in [0.3, 0.4) is 0 Å². The topological polar surface area (TPSA) is 58.6 Å². The lowest BCUT2D eigenvalue weighted by molar-refractivity contribution is 0.177. The first-order valence-corrected chi connectivity index (χ1v) is 8.38. The summed E-state index contributed by atoms with van der Waals surface area (Å²) < 4.78 is 31.9. The first kappa shape index (κ1) is 15.3. The minimum Gasteiger partial charge on any atom is -0.385 e. The normalized spacial score (nSPS) is 15.6. The Balaban J connectivity index is 2.18. The summed E-state index contributed by atoms with van der Waals surface area (Å²) in [5.41, 5.74) is 0.932. The summed E-state index contributed by atoms with van der Waals surface area (Å²) in [5, 5.41) is 3.16. The van der Waals surface area contributed by atoms with E-state index in [2.05, 4.69) is 5.32 Å². The van der Waals surface area contributed by atoms with Gasteiger partial charge in [0.05, 0.1) is 11.5 Å². The van der Waals surface area contributed by atoms with Gasteiger partial charge in [0.1, 0.15) is 0 Å². The predicted octanol–water partition coefficient (Wildman–Crippen LogP) is 1.92. The van der Waals surface area contributed by atoms with E-state index in [1.54, 1.807) is 35.7 Å². The molecular formula is C14H22N2O3S. The monoisotopic (exact) mass is 298 g/mol. The lowest BCUT2D eigenvalue weighted by atomic mass is 10.3. The van der Waals surface area contributed by atoms with Crippen LogP contribution < -0.4 is 5.32 Å². The molecule has 20 heavy (non-hydrogen) atoms. The average Bonchev–Trinajstić information content (AvgIpc) is 3.24. The molecule has 1 N–H and O–H groups in total. The largest absolute Gasteiger partial charge is 0.385 e. The zero-order chi connectivity index (χ0) is 14.6. The molecule has 0 atom stereocenters. The van der Waals surface area contributed by atoms with Crippen molar-refractivity contribution >= 4 is 15.7 Å². The Bertz CT molecular complexity index is 524. The van der Waals surface area contributed by atoms with Gasteiger partial charge in [0, 0.05) is 31.9 Å². The molecule has 112 valence electrons. The van der Waals surface area contributed by atoms with Gasteiger partial charge < -0.3 is 10.1 Å². The van der Waals surface area contributed by atoms with Crippen LogP contribution in [0.4, 0.5) is 5.69 Å². The summed E-state index contributed by atoms with van der Waals surface area (Å²) in [6.07, 6.45) is 1.89. The second-order valence-electron chi connectivity index (χ2n) is 4.89. The molecule has 1 saturated carbocycles. The molecule has 0 heterocycles. The van der Waals surface area contributed by atoms with Gasteiger partial charge in [-0.25, -0.2) is 8.42 Å². The van der Waals surface area contributed by atoms with E-state index in [9.17, 15) is 8.42 Å². The third kappa shape index (κ3) is 3.50. The van der Waals surface area contributed by atoms with Gasteiger partial charge in [0.2, 0.25) is 10.0 Å². The number of rotatable bonds is 8. The molecule has 0 aliphatic heterocycles. The minimum atomic E-state index is -3.42. The zero-order valence-corrected chi connectivity index (χ0v) is 12.8. The summed E-state index contributed by atoms with van der Waals surface area (Å²) in [6, 6.07) is 7.07. The summed E-state index contributed by atoms with van der Waals surface area (Å²) in [4.78, 5) is 0.349. The van der Waals surface area contributed by atoms with Crippen LogP contribution in [0.2, 0.25) is 0 Å². The van der Waals surface area contributed by atoms with Gasteiger partial charge in [0.25, 0.3) is 0 Å². The summed E-state index contributed by atoms with van der Waals surface area (Å²) in [7, 11) is -1.83. The molecule has 1 aliphatic rings. The number of hydrogen-bond donors (Lipinski definition) is 1. The first-order valence-electron chi connectivity index (χ1n) is 6.94. The van der Waals surface area contributed by atoms with Gasteiger partial charge in [-0.15, -0.1) is 0 Å². The number of anilines is 1. The minimum absolute atomic E-state index is 0.142. The quantitative estimate of drug-likeness (QED) is 0.796. The molecule has 0 amide bonds. The van der Waals surface area contributed by atoms with E-state index < -0.39 is 10.0 Å². The van der Waals surface area contributed by atoms with E-state index in [1.807, 2.05) is 6.92 Å². The molecule has 2 rings (SSSR count). The van der Waals surface area contributed by atoms with Crippen LogP contribution in [0, 0.1) is 0 Å². The molecule has 1 aromatic rings. The van der Waals surface area contributed by atoms with Gasteiger partial charge >= 0.3 is 0 Å². The highest BCUT2D eigenvalue weighted by atomic mass is 32.2. The van der Waals surface area contributed by atoms with Crippen molar-refractivity contribution < 1.29 is 13.2 Å². The summed E-state index contributed by atoms with van der Waals surface area (Å²) >= 11 is 0. The standard InChI is InChI=1S/C14H22N2O3S/c1-3-15-12-4-8-14(9-5-12)20(17,18)16(10-11-19-2)13-6-7-13/h4-5,8-9,13,15H,3,6-7,10-11H2,1-2H3. The second-order valence-corrected chi connectivity index (χ2v) is 6.78. The molecule has 1 aliphatic carbocycles. The molecule has 0 saturated heterocycles. The van der Waals surface area contributed by atoms with E-state index in [0.717, 1.165) is 25.1 Å². The Morgan fingerprint density at radius 3 is 2.45 bits per heavy atom. The molecule has 0 unspecified atom stereocenters. The van der Waals surface area contributed by atoms with Crippen molar-refractivity contribution in [1.82, 2.24) is 4.31 Å². The Morgan fingerprint density at radius 2 is 1.95 bits per heavy atom. The van der Waals surface area contributed by atoms with Crippen molar-refractivity contribution in [2.45, 2.75) is 30.7 Å². The van der Waals surface area contributed by atoms with Crippen molar-refractivity contribution in [2.24, 2.45) is 0 Å². The molecule has 0 bridgehead atoms. The Hall–Kier alpha value is -1.11. The Morgan fingerprint density at radius 1 is 1.30 bits per heavy atom. The highest BCUT2D eigenvalue weighted by molar-refractivity contribution is 7.89. The number of hydrogen-bond acceptors (Lipinski definition) is 4. The van der Waals surface area contributed by atoms with Crippen molar-refractivity contribution in [3.63, 3.8) is 0 Å². The number of benzene rings is 1. The number of ether oxygens (including phenoxy) is 1. The molecule has 0 radical (unpaired) electrons. The van der Waals surface area contributed by atoms with Gasteiger partial charge in [-0.2, -0.15) is 4.31 Å². The predicted molar refractivity (Wildman–Crippen MR) is 79.4 cm³/mol. The van der Waals surface area contributed by atoms with Crippen LogP contribution in [0.25, 0.3) is 0 Å². The fourth-order valence-electron chi connectivity index (χ4n) is 2.13. The molecule has 5 nitrogen and oxygen atoms in total. The van der Waals surface area contributed by atoms with Crippen LogP contribution in [0.5, 0.6) is 0 Å². The van der Waals surface area contributed by atoms with Crippen LogP contribution in [-0.2, 0) is 14.8 Å². The van der Waals surface area contributed by atoms with E-state index in [0.29, 0.717) is 18.0 Å². The Kier molecular flexibility index (Phi) is 5.01. The van der Waals surface area contributed by atoms with Gasteiger partial charge in [0.15, 0.2) is 0 Å². The fraction of sp³-hybridized carbons (Fsp3) is 0.571. The molecule has 1 aromatic carbocycles. The smallest absolute Gasteiger partial charge is 0.243 e. The first-order chi connectivity index (χ1) is 9.59. The van der Waals surface area contributed by atoms with Gasteiger partial charge in [-0.1, -0.05) is 0 Å². The van der Waals surface area contributed by atoms with Crippen LogP contribution in [-0.4, -0.2) is 45.6 Å². The lowest BCUT2D eigenvalue weighted by Gasteiger charge is -2.21. The highest BCUT2D eigenvalue weighted by Crippen LogP contribution is 2.32. The number of methoxy groups -OCH3 is 1. The second kappa shape index (κ2) is 6.56. The van der Waals surface area contributed by atoms with E-state index in [-0.39, 0.29) is 6.04 Å². The lowest BCUT2D eigenvalue weighted by Crippen LogP contribution is -2.35. The summed E-state index contributed by atoms with van der Waals surface area (Å²) in [6.45, 7) is 3.65. The maximum absolute atomic E-state index is 12.6.